The monoisotopic (exact) mass is 463 g/mol. The van der Waals surface area contributed by atoms with Crippen molar-refractivity contribution in [3.05, 3.63) is 53.1 Å². The number of amides is 1. The van der Waals surface area contributed by atoms with Gasteiger partial charge in [0.2, 0.25) is 0 Å². The molecular formula is C23H30ClN3OS2. The first-order valence-corrected chi connectivity index (χ1v) is 12.1. The van der Waals surface area contributed by atoms with Gasteiger partial charge in [0.25, 0.3) is 5.91 Å². The van der Waals surface area contributed by atoms with Crippen molar-refractivity contribution < 1.29 is 4.79 Å². The van der Waals surface area contributed by atoms with E-state index in [0.29, 0.717) is 12.1 Å². The quantitative estimate of drug-likeness (QED) is 0.381. The predicted molar refractivity (Wildman–Crippen MR) is 134 cm³/mol. The fourth-order valence-electron chi connectivity index (χ4n) is 3.24. The number of hydrogen-bond acceptors (Lipinski definition) is 5. The summed E-state index contributed by atoms with van der Waals surface area (Å²) in [4.78, 5) is 23.6. The van der Waals surface area contributed by atoms with E-state index < -0.39 is 0 Å². The normalized spacial score (nSPS) is 11.0. The van der Waals surface area contributed by atoms with E-state index in [1.54, 1.807) is 23.1 Å². The number of nitrogens with zero attached hydrogens (tertiary/aromatic N) is 3. The Bertz CT molecular complexity index is 945. The smallest absolute Gasteiger partial charge is 0.260 e. The summed E-state index contributed by atoms with van der Waals surface area (Å²) >= 11 is 3.28. The summed E-state index contributed by atoms with van der Waals surface area (Å²) in [6, 6.07) is 12.1. The molecule has 0 unspecified atom stereocenters. The lowest BCUT2D eigenvalue weighted by molar-refractivity contribution is 0.0983. The Hall–Kier alpha value is -1.60. The molecule has 0 N–H and O–H groups in total. The first kappa shape index (κ1) is 24.7. The van der Waals surface area contributed by atoms with Gasteiger partial charge in [0.15, 0.2) is 5.13 Å². The standard InChI is InChI=1S/C23H29N3OS2.ClH/c1-6-25(7-2)12-13-26(22(27)18-8-10-19(28-5)11-9-18)23-24-20-14-16(3)17(4)15-21(20)29-23;/h8-11,14-15H,6-7,12-13H2,1-5H3;1H. The summed E-state index contributed by atoms with van der Waals surface area (Å²) in [5, 5.41) is 0.774. The van der Waals surface area contributed by atoms with Crippen LogP contribution in [0.2, 0.25) is 0 Å². The van der Waals surface area contributed by atoms with Crippen molar-refractivity contribution in [3.8, 4) is 0 Å². The first-order chi connectivity index (χ1) is 14.0. The van der Waals surface area contributed by atoms with Gasteiger partial charge in [0, 0.05) is 23.5 Å². The van der Waals surface area contributed by atoms with Gasteiger partial charge in [-0.3, -0.25) is 9.69 Å². The van der Waals surface area contributed by atoms with E-state index in [2.05, 4.69) is 44.7 Å². The molecule has 3 rings (SSSR count). The van der Waals surface area contributed by atoms with E-state index in [1.165, 1.54) is 11.1 Å². The van der Waals surface area contributed by atoms with Crippen molar-refractivity contribution in [3.63, 3.8) is 0 Å². The van der Waals surface area contributed by atoms with Crippen LogP contribution in [-0.2, 0) is 0 Å². The lowest BCUT2D eigenvalue weighted by Gasteiger charge is -2.24. The maximum Gasteiger partial charge on any atom is 0.260 e. The van der Waals surface area contributed by atoms with Crippen LogP contribution in [0.3, 0.4) is 0 Å². The fourth-order valence-corrected chi connectivity index (χ4v) is 4.72. The summed E-state index contributed by atoms with van der Waals surface area (Å²) < 4.78 is 1.13. The molecule has 1 heterocycles. The summed E-state index contributed by atoms with van der Waals surface area (Å²) in [7, 11) is 0. The number of rotatable bonds is 8. The zero-order valence-electron chi connectivity index (χ0n) is 18.3. The highest BCUT2D eigenvalue weighted by molar-refractivity contribution is 7.98. The third-order valence-corrected chi connectivity index (χ3v) is 7.12. The number of carbonyl (C=O) groups is 1. The van der Waals surface area contributed by atoms with Crippen LogP contribution in [0.1, 0.15) is 35.3 Å². The SMILES string of the molecule is CCN(CC)CCN(C(=O)c1ccc(SC)cc1)c1nc2cc(C)c(C)cc2s1.Cl. The number of fused-ring (bicyclic) bond motifs is 1. The van der Waals surface area contributed by atoms with Gasteiger partial charge in [0.1, 0.15) is 0 Å². The maximum atomic E-state index is 13.4. The molecule has 30 heavy (non-hydrogen) atoms. The van der Waals surface area contributed by atoms with Crippen LogP contribution in [0.25, 0.3) is 10.2 Å². The Morgan fingerprint density at radius 2 is 1.67 bits per heavy atom. The van der Waals surface area contributed by atoms with E-state index in [1.807, 2.05) is 35.4 Å². The van der Waals surface area contributed by atoms with Gasteiger partial charge in [-0.2, -0.15) is 0 Å². The largest absolute Gasteiger partial charge is 0.302 e. The predicted octanol–water partition coefficient (Wildman–Crippen LogP) is 6.05. The van der Waals surface area contributed by atoms with Gasteiger partial charge < -0.3 is 4.90 Å². The lowest BCUT2D eigenvalue weighted by atomic mass is 10.1. The third-order valence-electron chi connectivity index (χ3n) is 5.34. The van der Waals surface area contributed by atoms with E-state index in [0.717, 1.165) is 39.9 Å². The number of anilines is 1. The minimum absolute atomic E-state index is 0. The number of thiazole rings is 1. The highest BCUT2D eigenvalue weighted by Gasteiger charge is 2.22. The van der Waals surface area contributed by atoms with Crippen molar-refractivity contribution in [1.82, 2.24) is 9.88 Å². The van der Waals surface area contributed by atoms with E-state index in [4.69, 9.17) is 4.98 Å². The maximum absolute atomic E-state index is 13.4. The number of halogens is 1. The molecule has 1 amide bonds. The zero-order chi connectivity index (χ0) is 21.0. The Morgan fingerprint density at radius 3 is 2.27 bits per heavy atom. The molecule has 0 saturated carbocycles. The second kappa shape index (κ2) is 11.1. The van der Waals surface area contributed by atoms with Gasteiger partial charge in [-0.05, 0) is 80.7 Å². The van der Waals surface area contributed by atoms with Gasteiger partial charge in [0.05, 0.1) is 10.2 Å². The summed E-state index contributed by atoms with van der Waals surface area (Å²) in [6.07, 6.45) is 2.04. The molecule has 0 bridgehead atoms. The van der Waals surface area contributed by atoms with Crippen LogP contribution in [0.4, 0.5) is 5.13 Å². The molecule has 7 heteroatoms. The molecule has 4 nitrogen and oxygen atoms in total. The number of benzene rings is 2. The lowest BCUT2D eigenvalue weighted by Crippen LogP contribution is -2.38. The van der Waals surface area contributed by atoms with E-state index >= 15 is 0 Å². The first-order valence-electron chi connectivity index (χ1n) is 10.0. The Balaban J connectivity index is 0.00000320. The van der Waals surface area contributed by atoms with Crippen LogP contribution < -0.4 is 4.90 Å². The van der Waals surface area contributed by atoms with Crippen LogP contribution >= 0.6 is 35.5 Å². The van der Waals surface area contributed by atoms with Crippen molar-refractivity contribution in [1.29, 1.82) is 0 Å². The second-order valence-corrected chi connectivity index (χ2v) is 9.00. The number of aryl methyl sites for hydroxylation is 2. The van der Waals surface area contributed by atoms with Crippen molar-refractivity contribution in [2.24, 2.45) is 0 Å². The molecule has 1 aromatic heterocycles. The number of aromatic nitrogens is 1. The Labute approximate surface area is 194 Å². The van der Waals surface area contributed by atoms with Crippen LogP contribution in [0.15, 0.2) is 41.3 Å². The van der Waals surface area contributed by atoms with Gasteiger partial charge in [-0.15, -0.1) is 24.2 Å². The molecule has 0 spiro atoms. The topological polar surface area (TPSA) is 36.4 Å². The molecule has 0 saturated heterocycles. The molecule has 0 aliphatic carbocycles. The zero-order valence-corrected chi connectivity index (χ0v) is 20.7. The molecule has 2 aromatic carbocycles. The molecule has 0 aliphatic rings. The second-order valence-electron chi connectivity index (χ2n) is 7.11. The molecule has 0 aliphatic heterocycles. The van der Waals surface area contributed by atoms with Crippen molar-refractivity contribution in [2.45, 2.75) is 32.6 Å². The third kappa shape index (κ3) is 5.55. The van der Waals surface area contributed by atoms with Gasteiger partial charge >= 0.3 is 0 Å². The highest BCUT2D eigenvalue weighted by Crippen LogP contribution is 2.31. The molecular weight excluding hydrogens is 434 g/mol. The Kier molecular flexibility index (Phi) is 9.16. The number of hydrogen-bond donors (Lipinski definition) is 0. The average molecular weight is 464 g/mol. The van der Waals surface area contributed by atoms with Gasteiger partial charge in [-0.1, -0.05) is 25.2 Å². The molecule has 162 valence electrons. The minimum atomic E-state index is 0. The molecule has 0 fully saturated rings. The number of thioether (sulfide) groups is 1. The van der Waals surface area contributed by atoms with Crippen LogP contribution in [-0.4, -0.2) is 48.2 Å². The van der Waals surface area contributed by atoms with Crippen LogP contribution in [0, 0.1) is 13.8 Å². The Morgan fingerprint density at radius 1 is 1.03 bits per heavy atom. The fraction of sp³-hybridized carbons (Fsp3) is 0.391. The summed E-state index contributed by atoms with van der Waals surface area (Å²) in [6.45, 7) is 11.9. The van der Waals surface area contributed by atoms with E-state index in [-0.39, 0.29) is 18.3 Å². The number of likely N-dealkylation sites (N-methyl/N-ethyl adjacent to an activating group) is 1. The van der Waals surface area contributed by atoms with Crippen molar-refractivity contribution in [2.75, 3.05) is 37.3 Å². The summed E-state index contributed by atoms with van der Waals surface area (Å²) in [5.74, 6) is 0.0114. The van der Waals surface area contributed by atoms with E-state index in [9.17, 15) is 4.79 Å². The van der Waals surface area contributed by atoms with Crippen LogP contribution in [0.5, 0.6) is 0 Å². The van der Waals surface area contributed by atoms with Crippen molar-refractivity contribution >= 4 is 56.8 Å². The summed E-state index contributed by atoms with van der Waals surface area (Å²) in [5.41, 5.74) is 4.14. The average Bonchev–Trinajstić information content (AvgIpc) is 3.13. The highest BCUT2D eigenvalue weighted by atomic mass is 35.5. The number of carbonyl (C=O) groups excluding carboxylic acids is 1. The minimum Gasteiger partial charge on any atom is -0.302 e. The molecule has 0 atom stereocenters. The van der Waals surface area contributed by atoms with Gasteiger partial charge in [-0.25, -0.2) is 4.98 Å². The molecule has 0 radical (unpaired) electrons. The molecule has 3 aromatic rings.